The van der Waals surface area contributed by atoms with Crippen molar-refractivity contribution in [2.45, 2.75) is 38.1 Å². The van der Waals surface area contributed by atoms with Gasteiger partial charge in [0.25, 0.3) is 0 Å². The molecule has 0 saturated carbocycles. The Bertz CT molecular complexity index is 313. The minimum Gasteiger partial charge on any atom is -0.383 e. The van der Waals surface area contributed by atoms with Crippen LogP contribution in [-0.2, 0) is 4.79 Å². The lowest BCUT2D eigenvalue weighted by molar-refractivity contribution is -0.223. The molecule has 2 unspecified atom stereocenters. The fraction of sp³-hybridized carbons (Fsp3) is 0.917. The largest absolute Gasteiger partial charge is 0.414 e. The Morgan fingerprint density at radius 1 is 1.32 bits per heavy atom. The first-order valence-corrected chi connectivity index (χ1v) is 6.34. The van der Waals surface area contributed by atoms with Crippen LogP contribution in [0.5, 0.6) is 0 Å². The number of aliphatic hydroxyl groups is 1. The number of carbonyl (C=O) groups is 1. The lowest BCUT2D eigenvalue weighted by atomic mass is 9.90. The van der Waals surface area contributed by atoms with Gasteiger partial charge in [-0.15, -0.1) is 0 Å². The highest BCUT2D eigenvalue weighted by Gasteiger charge is 2.44. The van der Waals surface area contributed by atoms with Crippen molar-refractivity contribution >= 4 is 5.91 Å². The second-order valence-corrected chi connectivity index (χ2v) is 5.27. The minimum atomic E-state index is -4.56. The van der Waals surface area contributed by atoms with Crippen molar-refractivity contribution in [3.8, 4) is 0 Å². The maximum atomic E-state index is 12.4. The lowest BCUT2D eigenvalue weighted by Gasteiger charge is -2.37. The first-order chi connectivity index (χ1) is 8.64. The van der Waals surface area contributed by atoms with E-state index in [2.05, 4.69) is 0 Å². The Balaban J connectivity index is 2.51. The van der Waals surface area contributed by atoms with Crippen molar-refractivity contribution in [2.24, 2.45) is 5.92 Å². The fourth-order valence-electron chi connectivity index (χ4n) is 2.42. The van der Waals surface area contributed by atoms with E-state index in [4.69, 9.17) is 0 Å². The number of nitrogens with zero attached hydrogens (tertiary/aromatic N) is 2. The number of alkyl halides is 3. The van der Waals surface area contributed by atoms with Gasteiger partial charge < -0.3 is 10.0 Å². The summed E-state index contributed by atoms with van der Waals surface area (Å²) in [4.78, 5) is 15.1. The van der Waals surface area contributed by atoms with E-state index in [9.17, 15) is 23.1 Å². The Hall–Kier alpha value is -0.820. The Labute approximate surface area is 111 Å². The number of aliphatic hydroxyl groups excluding tert-OH is 1. The van der Waals surface area contributed by atoms with Crippen LogP contribution in [0, 0.1) is 5.92 Å². The molecule has 4 nitrogen and oxygen atoms in total. The summed E-state index contributed by atoms with van der Waals surface area (Å²) < 4.78 is 37.2. The smallest absolute Gasteiger partial charge is 0.383 e. The van der Waals surface area contributed by atoms with Crippen molar-refractivity contribution in [3.05, 3.63) is 0 Å². The molecule has 0 radical (unpaired) electrons. The molecule has 0 aliphatic carbocycles. The van der Waals surface area contributed by atoms with Gasteiger partial charge >= 0.3 is 6.18 Å². The predicted octanol–water partition coefficient (Wildman–Crippen LogP) is 1.10. The highest BCUT2D eigenvalue weighted by atomic mass is 19.4. The molecule has 1 saturated heterocycles. The molecule has 1 aliphatic heterocycles. The van der Waals surface area contributed by atoms with Crippen LogP contribution in [-0.4, -0.2) is 66.3 Å². The van der Waals surface area contributed by atoms with Gasteiger partial charge in [-0.1, -0.05) is 0 Å². The topological polar surface area (TPSA) is 43.8 Å². The standard InChI is InChI=1S/C12H21F3N2O2/c1-8(11(19)16(2)3)17-6-4-9(5-7-17)10(18)12(13,14)15/h8-10,18H,4-7H2,1-3H3. The molecule has 2 atom stereocenters. The number of halogens is 3. The first kappa shape index (κ1) is 16.2. The van der Waals surface area contributed by atoms with E-state index in [-0.39, 0.29) is 24.8 Å². The van der Waals surface area contributed by atoms with Crippen LogP contribution in [0.2, 0.25) is 0 Å². The number of likely N-dealkylation sites (tertiary alicyclic amines) is 1. The summed E-state index contributed by atoms with van der Waals surface area (Å²) in [6.45, 7) is 2.56. The van der Waals surface area contributed by atoms with Gasteiger partial charge in [0.15, 0.2) is 6.10 Å². The molecule has 1 rings (SSSR count). The average Bonchev–Trinajstić information content (AvgIpc) is 2.35. The fourth-order valence-corrected chi connectivity index (χ4v) is 2.42. The van der Waals surface area contributed by atoms with Crippen LogP contribution >= 0.6 is 0 Å². The van der Waals surface area contributed by atoms with Gasteiger partial charge in [-0.2, -0.15) is 13.2 Å². The Morgan fingerprint density at radius 3 is 2.16 bits per heavy atom. The molecule has 19 heavy (non-hydrogen) atoms. The number of likely N-dealkylation sites (N-methyl/N-ethyl adjacent to an activating group) is 1. The molecular weight excluding hydrogens is 261 g/mol. The van der Waals surface area contributed by atoms with Crippen molar-refractivity contribution in [2.75, 3.05) is 27.2 Å². The van der Waals surface area contributed by atoms with E-state index < -0.39 is 18.2 Å². The van der Waals surface area contributed by atoms with Gasteiger partial charge in [0.2, 0.25) is 5.91 Å². The minimum absolute atomic E-state index is 0.0604. The number of carbonyl (C=O) groups excluding carboxylic acids is 1. The molecule has 7 heteroatoms. The second kappa shape index (κ2) is 6.09. The van der Waals surface area contributed by atoms with Gasteiger partial charge in [0.05, 0.1) is 6.04 Å². The van der Waals surface area contributed by atoms with E-state index in [0.717, 1.165) is 0 Å². The molecule has 0 spiro atoms. The summed E-state index contributed by atoms with van der Waals surface area (Å²) in [5.41, 5.74) is 0. The van der Waals surface area contributed by atoms with Crippen molar-refractivity contribution in [1.29, 1.82) is 0 Å². The summed E-state index contributed by atoms with van der Waals surface area (Å²) in [5, 5.41) is 9.21. The molecule has 0 aromatic heterocycles. The van der Waals surface area contributed by atoms with Crippen molar-refractivity contribution in [1.82, 2.24) is 9.80 Å². The molecule has 0 aromatic rings. The molecule has 1 aliphatic rings. The van der Waals surface area contributed by atoms with Gasteiger partial charge in [-0.05, 0) is 38.8 Å². The first-order valence-electron chi connectivity index (χ1n) is 6.34. The van der Waals surface area contributed by atoms with Crippen LogP contribution in [0.25, 0.3) is 0 Å². The number of rotatable bonds is 3. The lowest BCUT2D eigenvalue weighted by Crippen LogP contribution is -2.50. The molecule has 0 aromatic carbocycles. The number of hydrogen-bond donors (Lipinski definition) is 1. The molecule has 1 N–H and O–H groups in total. The van der Waals surface area contributed by atoms with Gasteiger partial charge in [-0.25, -0.2) is 0 Å². The van der Waals surface area contributed by atoms with Gasteiger partial charge in [0, 0.05) is 14.1 Å². The monoisotopic (exact) mass is 282 g/mol. The zero-order valence-corrected chi connectivity index (χ0v) is 11.4. The highest BCUT2D eigenvalue weighted by molar-refractivity contribution is 5.80. The summed E-state index contributed by atoms with van der Waals surface area (Å²) in [5.74, 6) is -0.826. The van der Waals surface area contributed by atoms with E-state index in [1.54, 1.807) is 21.0 Å². The van der Waals surface area contributed by atoms with Crippen LogP contribution in [0.3, 0.4) is 0 Å². The van der Waals surface area contributed by atoms with Crippen molar-refractivity contribution < 1.29 is 23.1 Å². The Morgan fingerprint density at radius 2 is 1.79 bits per heavy atom. The predicted molar refractivity (Wildman–Crippen MR) is 64.5 cm³/mol. The average molecular weight is 282 g/mol. The van der Waals surface area contributed by atoms with Gasteiger partial charge in [0.1, 0.15) is 0 Å². The summed E-state index contributed by atoms with van der Waals surface area (Å²) in [7, 11) is 3.30. The molecule has 1 amide bonds. The number of hydrogen-bond acceptors (Lipinski definition) is 3. The number of piperidine rings is 1. The second-order valence-electron chi connectivity index (χ2n) is 5.27. The van der Waals surface area contributed by atoms with Gasteiger partial charge in [-0.3, -0.25) is 9.69 Å². The van der Waals surface area contributed by atoms with E-state index in [1.165, 1.54) is 4.90 Å². The maximum absolute atomic E-state index is 12.4. The number of amides is 1. The molecule has 1 heterocycles. The molecule has 0 bridgehead atoms. The van der Waals surface area contributed by atoms with E-state index in [1.807, 2.05) is 4.90 Å². The molecule has 112 valence electrons. The summed E-state index contributed by atoms with van der Waals surface area (Å²) >= 11 is 0. The van der Waals surface area contributed by atoms with Crippen LogP contribution in [0.15, 0.2) is 0 Å². The third kappa shape index (κ3) is 4.07. The van der Waals surface area contributed by atoms with Crippen LogP contribution in [0.4, 0.5) is 13.2 Å². The van der Waals surface area contributed by atoms with E-state index >= 15 is 0 Å². The SMILES string of the molecule is CC(C(=O)N(C)C)N1CCC(C(O)C(F)(F)F)CC1. The maximum Gasteiger partial charge on any atom is 0.414 e. The highest BCUT2D eigenvalue weighted by Crippen LogP contribution is 2.32. The summed E-state index contributed by atoms with van der Waals surface area (Å²) in [6, 6.07) is -0.334. The van der Waals surface area contributed by atoms with Crippen LogP contribution < -0.4 is 0 Å². The van der Waals surface area contributed by atoms with Crippen molar-refractivity contribution in [3.63, 3.8) is 0 Å². The zero-order chi connectivity index (χ0) is 14.8. The zero-order valence-electron chi connectivity index (χ0n) is 11.4. The Kier molecular flexibility index (Phi) is 5.20. The van der Waals surface area contributed by atoms with E-state index in [0.29, 0.717) is 13.1 Å². The quantitative estimate of drug-likeness (QED) is 0.843. The third-order valence-electron chi connectivity index (χ3n) is 3.70. The third-order valence-corrected chi connectivity index (χ3v) is 3.70. The normalized spacial score (nSPS) is 22.1. The van der Waals surface area contributed by atoms with Crippen LogP contribution in [0.1, 0.15) is 19.8 Å². The molecular formula is C12H21F3N2O2. The molecule has 1 fully saturated rings. The summed E-state index contributed by atoms with van der Waals surface area (Å²) in [6.07, 6.45) is -6.30.